The fraction of sp³-hybridized carbons (Fsp3) is 0.130. The van der Waals surface area contributed by atoms with E-state index in [1.807, 2.05) is 31.2 Å². The number of nitrogens with zero attached hydrogens (tertiary/aromatic N) is 3. The van der Waals surface area contributed by atoms with E-state index in [9.17, 15) is 14.4 Å². The molecule has 2 aromatic heterocycles. The Morgan fingerprint density at radius 1 is 1.00 bits per heavy atom. The average Bonchev–Trinajstić information content (AvgIpc) is 3.09. The van der Waals surface area contributed by atoms with E-state index >= 15 is 0 Å². The lowest BCUT2D eigenvalue weighted by Gasteiger charge is -2.06. The van der Waals surface area contributed by atoms with Crippen LogP contribution in [0.3, 0.4) is 0 Å². The summed E-state index contributed by atoms with van der Waals surface area (Å²) in [5, 5.41) is 10.2. The molecule has 0 fully saturated rings. The van der Waals surface area contributed by atoms with Crippen LogP contribution in [-0.4, -0.2) is 26.0 Å². The van der Waals surface area contributed by atoms with Crippen molar-refractivity contribution in [2.75, 3.05) is 5.32 Å². The molecule has 0 aliphatic rings. The Bertz CT molecular complexity index is 1340. The Kier molecular flexibility index (Phi) is 6.04. The minimum absolute atomic E-state index is 0.266. The monoisotopic (exact) mass is 449 g/mol. The zero-order valence-electron chi connectivity index (χ0n) is 17.2. The Morgan fingerprint density at radius 2 is 1.72 bits per heavy atom. The number of amides is 2. The van der Waals surface area contributed by atoms with Crippen LogP contribution >= 0.6 is 11.6 Å². The summed E-state index contributed by atoms with van der Waals surface area (Å²) in [7, 11) is 0. The van der Waals surface area contributed by atoms with Crippen LogP contribution in [0.4, 0.5) is 5.69 Å². The number of fused-ring (bicyclic) bond motifs is 1. The Balaban J connectivity index is 1.46. The lowest BCUT2D eigenvalue weighted by atomic mass is 10.1. The Morgan fingerprint density at radius 3 is 2.44 bits per heavy atom. The smallest absolute Gasteiger partial charge is 0.348 e. The molecule has 0 saturated heterocycles. The molecule has 0 aliphatic heterocycles. The van der Waals surface area contributed by atoms with Gasteiger partial charge in [0.15, 0.2) is 5.65 Å². The van der Waals surface area contributed by atoms with Gasteiger partial charge in [-0.05, 0) is 48.9 Å². The van der Waals surface area contributed by atoms with Crippen molar-refractivity contribution in [3.8, 4) is 0 Å². The van der Waals surface area contributed by atoms with Crippen LogP contribution in [0.2, 0.25) is 5.02 Å². The summed E-state index contributed by atoms with van der Waals surface area (Å²) in [6.07, 6.45) is 1.42. The quantitative estimate of drug-likeness (QED) is 0.472. The van der Waals surface area contributed by atoms with E-state index < -0.39 is 11.6 Å². The predicted molar refractivity (Wildman–Crippen MR) is 122 cm³/mol. The first kappa shape index (κ1) is 21.3. The molecule has 2 N–H and O–H groups in total. The summed E-state index contributed by atoms with van der Waals surface area (Å²) < 4.78 is 2.30. The third kappa shape index (κ3) is 4.87. The van der Waals surface area contributed by atoms with E-state index in [0.717, 1.165) is 15.8 Å². The van der Waals surface area contributed by atoms with Gasteiger partial charge in [0, 0.05) is 23.5 Å². The lowest BCUT2D eigenvalue weighted by molar-refractivity contribution is -0.117. The van der Waals surface area contributed by atoms with Crippen LogP contribution in [0.5, 0.6) is 0 Å². The van der Waals surface area contributed by atoms with Gasteiger partial charge in [0.1, 0.15) is 6.54 Å². The number of anilines is 1. The number of rotatable bonds is 6. The molecular weight excluding hydrogens is 430 g/mol. The molecule has 0 spiro atoms. The van der Waals surface area contributed by atoms with E-state index in [1.54, 1.807) is 36.4 Å². The molecule has 0 saturated carbocycles. The third-order valence-electron chi connectivity index (χ3n) is 4.83. The lowest BCUT2D eigenvalue weighted by Crippen LogP contribution is -2.28. The first-order valence-electron chi connectivity index (χ1n) is 9.87. The Labute approximate surface area is 188 Å². The van der Waals surface area contributed by atoms with Crippen LogP contribution in [0.15, 0.2) is 71.7 Å². The third-order valence-corrected chi connectivity index (χ3v) is 5.09. The van der Waals surface area contributed by atoms with Gasteiger partial charge in [-0.1, -0.05) is 41.4 Å². The molecule has 2 heterocycles. The van der Waals surface area contributed by atoms with Crippen molar-refractivity contribution in [1.29, 1.82) is 0 Å². The number of aryl methyl sites for hydroxylation is 1. The molecule has 0 radical (unpaired) electrons. The van der Waals surface area contributed by atoms with Crippen molar-refractivity contribution in [2.45, 2.75) is 20.0 Å². The SMILES string of the molecule is Cc1ccc(CNC(=O)c2ccc3nn(CC(=O)Nc4ccc(Cl)cc4)c(=O)n3c2)cc1. The van der Waals surface area contributed by atoms with Gasteiger partial charge in [-0.25, -0.2) is 13.9 Å². The molecule has 8 nitrogen and oxygen atoms in total. The number of halogens is 1. The standard InChI is InChI=1S/C23H20ClN5O3/c1-15-2-4-16(5-3-15)12-25-22(31)17-6-11-20-27-29(23(32)28(20)13-17)14-21(30)26-19-9-7-18(24)8-10-19/h2-11,13H,12,14H2,1H3,(H,25,31)(H,26,30). The first-order chi connectivity index (χ1) is 15.4. The van der Waals surface area contributed by atoms with Gasteiger partial charge in [0.25, 0.3) is 5.91 Å². The van der Waals surface area contributed by atoms with Gasteiger partial charge < -0.3 is 10.6 Å². The van der Waals surface area contributed by atoms with E-state index in [-0.39, 0.29) is 12.5 Å². The summed E-state index contributed by atoms with van der Waals surface area (Å²) >= 11 is 5.84. The molecule has 9 heteroatoms. The number of carbonyl (C=O) groups is 2. The normalized spacial score (nSPS) is 10.8. The van der Waals surface area contributed by atoms with Crippen LogP contribution < -0.4 is 16.3 Å². The maximum Gasteiger partial charge on any atom is 0.350 e. The molecule has 0 atom stereocenters. The van der Waals surface area contributed by atoms with Crippen LogP contribution in [0.1, 0.15) is 21.5 Å². The van der Waals surface area contributed by atoms with E-state index in [2.05, 4.69) is 15.7 Å². The van der Waals surface area contributed by atoms with Gasteiger partial charge in [-0.3, -0.25) is 9.59 Å². The van der Waals surface area contributed by atoms with E-state index in [0.29, 0.717) is 28.5 Å². The molecule has 4 rings (SSSR count). The predicted octanol–water partition coefficient (Wildman–Crippen LogP) is 3.03. The molecule has 32 heavy (non-hydrogen) atoms. The van der Waals surface area contributed by atoms with Gasteiger partial charge >= 0.3 is 5.69 Å². The molecule has 0 aliphatic carbocycles. The summed E-state index contributed by atoms with van der Waals surface area (Å²) in [5.74, 6) is -0.721. The summed E-state index contributed by atoms with van der Waals surface area (Å²) in [5.41, 5.74) is 2.81. The maximum atomic E-state index is 12.7. The Hall–Kier alpha value is -3.91. The number of carbonyl (C=O) groups excluding carboxylic acids is 2. The minimum Gasteiger partial charge on any atom is -0.348 e. The van der Waals surface area contributed by atoms with Crippen LogP contribution in [0.25, 0.3) is 5.65 Å². The molecule has 0 unspecified atom stereocenters. The minimum atomic E-state index is -0.514. The second-order valence-corrected chi connectivity index (χ2v) is 7.75. The number of pyridine rings is 1. The second kappa shape index (κ2) is 9.07. The highest BCUT2D eigenvalue weighted by atomic mass is 35.5. The zero-order valence-corrected chi connectivity index (χ0v) is 18.0. The van der Waals surface area contributed by atoms with Crippen molar-refractivity contribution in [3.63, 3.8) is 0 Å². The highest BCUT2D eigenvalue weighted by molar-refractivity contribution is 6.30. The van der Waals surface area contributed by atoms with Gasteiger partial charge in [-0.2, -0.15) is 0 Å². The fourth-order valence-electron chi connectivity index (χ4n) is 3.12. The zero-order chi connectivity index (χ0) is 22.7. The largest absolute Gasteiger partial charge is 0.350 e. The summed E-state index contributed by atoms with van der Waals surface area (Å²) in [6.45, 7) is 2.10. The number of nitrogens with one attached hydrogen (secondary N) is 2. The van der Waals surface area contributed by atoms with Gasteiger partial charge in [0.05, 0.1) is 5.56 Å². The highest BCUT2D eigenvalue weighted by Gasteiger charge is 2.13. The topological polar surface area (TPSA) is 97.5 Å². The molecular formula is C23H20ClN5O3. The van der Waals surface area contributed by atoms with E-state index in [1.165, 1.54) is 10.6 Å². The van der Waals surface area contributed by atoms with Crippen molar-refractivity contribution in [1.82, 2.24) is 19.5 Å². The number of hydrogen-bond donors (Lipinski definition) is 2. The molecule has 2 amide bonds. The van der Waals surface area contributed by atoms with Gasteiger partial charge in [-0.15, -0.1) is 5.10 Å². The average molecular weight is 450 g/mol. The van der Waals surface area contributed by atoms with E-state index in [4.69, 9.17) is 11.6 Å². The fourth-order valence-corrected chi connectivity index (χ4v) is 3.24. The van der Waals surface area contributed by atoms with Crippen molar-refractivity contribution < 1.29 is 9.59 Å². The maximum absolute atomic E-state index is 12.7. The van der Waals surface area contributed by atoms with Crippen LogP contribution in [0, 0.1) is 6.92 Å². The number of hydrogen-bond acceptors (Lipinski definition) is 4. The summed E-state index contributed by atoms with van der Waals surface area (Å²) in [4.78, 5) is 37.5. The van der Waals surface area contributed by atoms with Crippen molar-refractivity contribution in [3.05, 3.63) is 99.1 Å². The van der Waals surface area contributed by atoms with Crippen LogP contribution in [-0.2, 0) is 17.9 Å². The molecule has 2 aromatic carbocycles. The van der Waals surface area contributed by atoms with Crippen molar-refractivity contribution in [2.24, 2.45) is 0 Å². The second-order valence-electron chi connectivity index (χ2n) is 7.31. The molecule has 162 valence electrons. The molecule has 4 aromatic rings. The summed E-state index contributed by atoms with van der Waals surface area (Å²) in [6, 6.07) is 17.6. The first-order valence-corrected chi connectivity index (χ1v) is 10.3. The highest BCUT2D eigenvalue weighted by Crippen LogP contribution is 2.13. The van der Waals surface area contributed by atoms with Gasteiger partial charge in [0.2, 0.25) is 5.91 Å². The molecule has 0 bridgehead atoms. The number of benzene rings is 2. The number of aromatic nitrogens is 3. The van der Waals surface area contributed by atoms with Crippen molar-refractivity contribution >= 4 is 34.7 Å².